The highest BCUT2D eigenvalue weighted by Gasteiger charge is 2.04. The molecule has 8 heavy (non-hydrogen) atoms. The molecule has 0 radical (unpaired) electrons. The predicted molar refractivity (Wildman–Crippen MR) is 29.3 cm³/mol. The Kier molecular flexibility index (Phi) is 2.23. The molecule has 0 bridgehead atoms. The van der Waals surface area contributed by atoms with Gasteiger partial charge in [0.2, 0.25) is 0 Å². The van der Waals surface area contributed by atoms with Gasteiger partial charge in [0.1, 0.15) is 0 Å². The summed E-state index contributed by atoms with van der Waals surface area (Å²) in [6.45, 7) is 0. The van der Waals surface area contributed by atoms with Gasteiger partial charge in [-0.2, -0.15) is 5.12 Å². The summed E-state index contributed by atoms with van der Waals surface area (Å²) in [5, 5.41) is 0.528. The van der Waals surface area contributed by atoms with E-state index in [1.807, 2.05) is 0 Å². The Morgan fingerprint density at radius 1 is 1.38 bits per heavy atom. The van der Waals surface area contributed by atoms with E-state index in [0.717, 1.165) is 0 Å². The van der Waals surface area contributed by atoms with E-state index in [-0.39, 0.29) is 0 Å². The van der Waals surface area contributed by atoms with Crippen LogP contribution in [-0.2, 0) is 0 Å². The molecule has 0 saturated carbocycles. The van der Waals surface area contributed by atoms with E-state index in [0.29, 0.717) is 5.12 Å². The summed E-state index contributed by atoms with van der Waals surface area (Å²) in [7, 11) is 3.13. The lowest BCUT2D eigenvalue weighted by atomic mass is 10.8. The van der Waals surface area contributed by atoms with Crippen molar-refractivity contribution in [1.29, 1.82) is 0 Å². The number of urea groups is 1. The van der Waals surface area contributed by atoms with Crippen LogP contribution in [0.2, 0.25) is 0 Å². The number of rotatable bonds is 0. The van der Waals surface area contributed by atoms with Gasteiger partial charge in [-0.25, -0.2) is 16.5 Å². The minimum Gasteiger partial charge on any atom is -0.329 e. The molecule has 5 heteroatoms. The summed E-state index contributed by atoms with van der Waals surface area (Å²) in [6, 6.07) is -0.426. The zero-order valence-electron chi connectivity index (χ0n) is 4.96. The molecule has 0 heterocycles. The quantitative estimate of drug-likeness (QED) is 0.236. The Hall–Kier alpha value is -0.810. The molecule has 5 nitrogen and oxygen atoms in total. The maximum atomic E-state index is 10.4. The Balaban J connectivity index is 3.65. The van der Waals surface area contributed by atoms with Crippen LogP contribution in [0.5, 0.6) is 0 Å². The van der Waals surface area contributed by atoms with E-state index >= 15 is 0 Å². The van der Waals surface area contributed by atoms with Crippen LogP contribution < -0.4 is 11.7 Å². The number of hydrazine groups is 2. The lowest BCUT2D eigenvalue weighted by Crippen LogP contribution is -2.48. The van der Waals surface area contributed by atoms with Crippen molar-refractivity contribution in [1.82, 2.24) is 10.0 Å². The number of carbonyl (C=O) groups is 1. The topological polar surface area (TPSA) is 75.6 Å². The first-order chi connectivity index (χ1) is 3.55. The summed E-state index contributed by atoms with van der Waals surface area (Å²) in [4.78, 5) is 11.7. The van der Waals surface area contributed by atoms with Gasteiger partial charge in [-0.3, -0.25) is 0 Å². The third-order valence-electron chi connectivity index (χ3n) is 0.603. The molecule has 2 amide bonds. The molecule has 0 aliphatic heterocycles. The second-order valence-electron chi connectivity index (χ2n) is 1.58. The lowest BCUT2D eigenvalue weighted by molar-refractivity contribution is 0.173. The number of hydrogen-bond acceptors (Lipinski definition) is 3. The highest BCUT2D eigenvalue weighted by Crippen LogP contribution is 1.77. The third kappa shape index (κ3) is 1.76. The highest BCUT2D eigenvalue weighted by molar-refractivity contribution is 5.72. The first-order valence-electron chi connectivity index (χ1n) is 2.06. The van der Waals surface area contributed by atoms with Gasteiger partial charge in [-0.1, -0.05) is 0 Å². The number of hydrogen-bond donors (Lipinski definition) is 2. The van der Waals surface area contributed by atoms with Crippen LogP contribution in [0, 0.1) is 0 Å². The SMILES string of the molecule is CN(C)C(=O)N(N)N. The average molecular weight is 118 g/mol. The molecule has 0 rings (SSSR count). The Bertz CT molecular complexity index is 79.3. The van der Waals surface area contributed by atoms with Crippen LogP contribution in [0.15, 0.2) is 0 Å². The van der Waals surface area contributed by atoms with Gasteiger partial charge in [0.15, 0.2) is 0 Å². The molecule has 0 aliphatic carbocycles. The van der Waals surface area contributed by atoms with Gasteiger partial charge in [0.05, 0.1) is 0 Å². The number of nitrogens with zero attached hydrogens (tertiary/aromatic N) is 2. The fraction of sp³-hybridized carbons (Fsp3) is 0.667. The predicted octanol–water partition coefficient (Wildman–Crippen LogP) is -1.28. The molecular weight excluding hydrogens is 108 g/mol. The zero-order valence-corrected chi connectivity index (χ0v) is 4.96. The van der Waals surface area contributed by atoms with Gasteiger partial charge in [-0.05, 0) is 0 Å². The van der Waals surface area contributed by atoms with Gasteiger partial charge >= 0.3 is 6.03 Å². The van der Waals surface area contributed by atoms with Gasteiger partial charge < -0.3 is 4.90 Å². The molecule has 0 atom stereocenters. The standard InChI is InChI=1S/C3H10N4O/c1-6(2)3(8)7(4)5/h4-5H2,1-2H3. The summed E-state index contributed by atoms with van der Waals surface area (Å²) < 4.78 is 0. The van der Waals surface area contributed by atoms with E-state index in [1.165, 1.54) is 4.90 Å². The van der Waals surface area contributed by atoms with Crippen LogP contribution in [0.1, 0.15) is 0 Å². The molecule has 0 aromatic carbocycles. The maximum absolute atomic E-state index is 10.4. The minimum atomic E-state index is -0.426. The largest absolute Gasteiger partial charge is 0.348 e. The van der Waals surface area contributed by atoms with Crippen LogP contribution in [0.25, 0.3) is 0 Å². The van der Waals surface area contributed by atoms with Crippen LogP contribution >= 0.6 is 0 Å². The van der Waals surface area contributed by atoms with E-state index in [9.17, 15) is 4.79 Å². The first kappa shape index (κ1) is 7.19. The summed E-state index contributed by atoms with van der Waals surface area (Å²) in [5.41, 5.74) is 0. The number of carbonyl (C=O) groups excluding carboxylic acids is 1. The van der Waals surface area contributed by atoms with Gasteiger partial charge in [-0.15, -0.1) is 0 Å². The van der Waals surface area contributed by atoms with Crippen LogP contribution in [-0.4, -0.2) is 30.1 Å². The smallest absolute Gasteiger partial charge is 0.329 e. The van der Waals surface area contributed by atoms with Gasteiger partial charge in [0.25, 0.3) is 0 Å². The normalized spacial score (nSPS) is 8.50. The number of amides is 2. The molecule has 0 aromatic rings. The average Bonchev–Trinajstić information content (AvgIpc) is 1.64. The van der Waals surface area contributed by atoms with Crippen molar-refractivity contribution >= 4 is 6.03 Å². The first-order valence-corrected chi connectivity index (χ1v) is 2.06. The molecule has 48 valence electrons. The Morgan fingerprint density at radius 2 is 1.75 bits per heavy atom. The highest BCUT2D eigenvalue weighted by atomic mass is 16.2. The minimum absolute atomic E-state index is 0.426. The number of nitrogens with two attached hydrogens (primary N) is 2. The summed E-state index contributed by atoms with van der Waals surface area (Å²) >= 11 is 0. The fourth-order valence-electron chi connectivity index (χ4n) is 0.231. The third-order valence-corrected chi connectivity index (χ3v) is 0.603. The van der Waals surface area contributed by atoms with Crippen molar-refractivity contribution in [3.8, 4) is 0 Å². The molecule has 0 spiro atoms. The monoisotopic (exact) mass is 118 g/mol. The molecule has 4 N–H and O–H groups in total. The van der Waals surface area contributed by atoms with Crippen molar-refractivity contribution in [2.24, 2.45) is 11.7 Å². The second kappa shape index (κ2) is 2.49. The fourth-order valence-corrected chi connectivity index (χ4v) is 0.231. The van der Waals surface area contributed by atoms with Crippen molar-refractivity contribution in [2.75, 3.05) is 14.1 Å². The molecule has 0 saturated heterocycles. The Labute approximate surface area is 47.8 Å². The van der Waals surface area contributed by atoms with Crippen molar-refractivity contribution < 1.29 is 4.79 Å². The van der Waals surface area contributed by atoms with Crippen LogP contribution in [0.3, 0.4) is 0 Å². The molecule has 0 fully saturated rings. The second-order valence-corrected chi connectivity index (χ2v) is 1.58. The molecule has 0 aliphatic rings. The van der Waals surface area contributed by atoms with Crippen molar-refractivity contribution in [3.63, 3.8) is 0 Å². The maximum Gasteiger partial charge on any atom is 0.348 e. The van der Waals surface area contributed by atoms with E-state index in [1.54, 1.807) is 14.1 Å². The Morgan fingerprint density at radius 3 is 1.75 bits per heavy atom. The molecular formula is C3H10N4O. The zero-order chi connectivity index (χ0) is 6.73. The van der Waals surface area contributed by atoms with Crippen LogP contribution in [0.4, 0.5) is 4.79 Å². The molecule has 0 unspecified atom stereocenters. The lowest BCUT2D eigenvalue weighted by Gasteiger charge is -2.14. The van der Waals surface area contributed by atoms with Crippen molar-refractivity contribution in [3.05, 3.63) is 0 Å². The molecule has 0 aromatic heterocycles. The summed E-state index contributed by atoms with van der Waals surface area (Å²) in [6.07, 6.45) is 0. The van der Waals surface area contributed by atoms with E-state index in [4.69, 9.17) is 11.7 Å². The van der Waals surface area contributed by atoms with Gasteiger partial charge in [0, 0.05) is 14.1 Å². The van der Waals surface area contributed by atoms with E-state index in [2.05, 4.69) is 0 Å². The van der Waals surface area contributed by atoms with Crippen molar-refractivity contribution in [2.45, 2.75) is 0 Å². The van der Waals surface area contributed by atoms with E-state index < -0.39 is 6.03 Å². The summed E-state index contributed by atoms with van der Waals surface area (Å²) in [5.74, 6) is 9.71.